The monoisotopic (exact) mass is 821 g/mol. The van der Waals surface area contributed by atoms with Crippen LogP contribution in [0.2, 0.25) is 0 Å². The van der Waals surface area contributed by atoms with Crippen molar-refractivity contribution in [1.82, 2.24) is 0 Å². The van der Waals surface area contributed by atoms with Gasteiger partial charge in [-0.05, 0) is 87.5 Å². The smallest absolute Gasteiger partial charge is 0.136 e. The van der Waals surface area contributed by atoms with Gasteiger partial charge < -0.3 is 9.32 Å². The first-order chi connectivity index (χ1) is 31.3. The van der Waals surface area contributed by atoms with Gasteiger partial charge in [-0.3, -0.25) is 0 Å². The van der Waals surface area contributed by atoms with Crippen molar-refractivity contribution < 1.29 is 4.42 Å². The van der Waals surface area contributed by atoms with Gasteiger partial charge in [0, 0.05) is 53.3 Å². The number of nitrogens with zero attached hydrogens (tertiary/aromatic N) is 1. The van der Waals surface area contributed by atoms with E-state index < -0.39 is 0 Å². The number of anilines is 3. The molecule has 0 radical (unpaired) electrons. The maximum absolute atomic E-state index is 6.33. The average molecular weight is 822 g/mol. The molecule has 0 spiro atoms. The minimum Gasteiger partial charge on any atom is -0.456 e. The van der Waals surface area contributed by atoms with Crippen molar-refractivity contribution in [2.24, 2.45) is 0 Å². The van der Waals surface area contributed by atoms with Crippen molar-refractivity contribution in [3.63, 3.8) is 0 Å². The number of furan rings is 1. The van der Waals surface area contributed by atoms with Gasteiger partial charge in [0.05, 0.1) is 11.4 Å². The van der Waals surface area contributed by atoms with Gasteiger partial charge >= 0.3 is 0 Å². The van der Waals surface area contributed by atoms with Gasteiger partial charge in [-0.2, -0.15) is 0 Å². The molecule has 12 aromatic rings. The molecule has 63 heavy (non-hydrogen) atoms. The molecule has 2 nitrogen and oxygen atoms in total. The molecule has 0 aliphatic carbocycles. The summed E-state index contributed by atoms with van der Waals surface area (Å²) in [7, 11) is 0. The third-order valence-electron chi connectivity index (χ3n) is 12.3. The predicted octanol–water partition coefficient (Wildman–Crippen LogP) is 17.8. The number of para-hydroxylation sites is 2. The number of hydrogen-bond donors (Lipinski definition) is 0. The standard InChI is InChI=1S/C60H39NOS/c1-3-17-41(18-4-1)45-21-7-8-25-51(45)59-46(42-19-5-2-6-20-42)26-16-30-55(59)61(44-36-33-40(34-37-44)43-35-38-49-48-23-10-13-31-56(48)62-57(49)39-43)54-29-12-9-22-47(54)52-27-15-28-53-50-24-11-14-32-58(50)63-60(52)53/h1-39H. The lowest BCUT2D eigenvalue weighted by atomic mass is 9.87. The minimum absolute atomic E-state index is 0.892. The molecular weight excluding hydrogens is 783 g/mol. The van der Waals surface area contributed by atoms with Crippen LogP contribution in [-0.4, -0.2) is 0 Å². The second kappa shape index (κ2) is 15.5. The number of thiophene rings is 1. The molecule has 12 rings (SSSR count). The Hall–Kier alpha value is -7.98. The summed E-state index contributed by atoms with van der Waals surface area (Å²) in [4.78, 5) is 2.48. The molecule has 3 heteroatoms. The molecule has 10 aromatic carbocycles. The Labute approximate surface area is 370 Å². The molecule has 2 aromatic heterocycles. The predicted molar refractivity (Wildman–Crippen MR) is 268 cm³/mol. The molecule has 0 unspecified atom stereocenters. The molecule has 0 aliphatic rings. The Morgan fingerprint density at radius 2 is 0.873 bits per heavy atom. The Bertz CT molecular complexity index is 3620. The summed E-state index contributed by atoms with van der Waals surface area (Å²) in [5.74, 6) is 0. The van der Waals surface area contributed by atoms with Crippen LogP contribution < -0.4 is 4.90 Å². The maximum atomic E-state index is 6.33. The van der Waals surface area contributed by atoms with E-state index in [0.29, 0.717) is 0 Å². The second-order valence-electron chi connectivity index (χ2n) is 16.0. The highest BCUT2D eigenvalue weighted by atomic mass is 32.1. The molecule has 2 heterocycles. The summed E-state index contributed by atoms with van der Waals surface area (Å²) < 4.78 is 8.91. The largest absolute Gasteiger partial charge is 0.456 e. The highest BCUT2D eigenvalue weighted by Gasteiger charge is 2.25. The fourth-order valence-corrected chi connectivity index (χ4v) is 10.6. The molecule has 0 saturated heterocycles. The highest BCUT2D eigenvalue weighted by Crippen LogP contribution is 2.51. The normalized spacial score (nSPS) is 11.5. The van der Waals surface area contributed by atoms with Crippen LogP contribution in [0.15, 0.2) is 241 Å². The fourth-order valence-electron chi connectivity index (χ4n) is 9.41. The third-order valence-corrected chi connectivity index (χ3v) is 13.5. The van der Waals surface area contributed by atoms with Gasteiger partial charge in [0.2, 0.25) is 0 Å². The van der Waals surface area contributed by atoms with Crippen molar-refractivity contribution >= 4 is 70.5 Å². The second-order valence-corrected chi connectivity index (χ2v) is 17.0. The van der Waals surface area contributed by atoms with Gasteiger partial charge in [-0.25, -0.2) is 0 Å². The fraction of sp³-hybridized carbons (Fsp3) is 0. The summed E-state index contributed by atoms with van der Waals surface area (Å²) in [5, 5.41) is 4.84. The molecule has 0 N–H and O–H groups in total. The lowest BCUT2D eigenvalue weighted by Gasteiger charge is -2.31. The maximum Gasteiger partial charge on any atom is 0.136 e. The van der Waals surface area contributed by atoms with Crippen LogP contribution in [0.4, 0.5) is 17.1 Å². The van der Waals surface area contributed by atoms with Crippen molar-refractivity contribution in [3.05, 3.63) is 237 Å². The van der Waals surface area contributed by atoms with Crippen LogP contribution in [0.1, 0.15) is 0 Å². The SMILES string of the molecule is c1ccc(-c2ccccc2-c2c(-c3ccccc3)cccc2N(c2ccc(-c3ccc4c(c3)oc3ccccc34)cc2)c2ccccc2-c2cccc3c2sc2ccccc23)cc1. The molecule has 0 bridgehead atoms. The first kappa shape index (κ1) is 36.8. The minimum atomic E-state index is 0.892. The van der Waals surface area contributed by atoms with E-state index in [1.807, 2.05) is 23.5 Å². The molecule has 296 valence electrons. The van der Waals surface area contributed by atoms with Crippen LogP contribution in [0, 0.1) is 0 Å². The van der Waals surface area contributed by atoms with E-state index in [4.69, 9.17) is 4.42 Å². The van der Waals surface area contributed by atoms with Gasteiger partial charge in [0.25, 0.3) is 0 Å². The Morgan fingerprint density at radius 1 is 0.317 bits per heavy atom. The average Bonchev–Trinajstić information content (AvgIpc) is 3.93. The van der Waals surface area contributed by atoms with E-state index in [0.717, 1.165) is 61.3 Å². The number of hydrogen-bond acceptors (Lipinski definition) is 3. The van der Waals surface area contributed by atoms with E-state index in [9.17, 15) is 0 Å². The summed E-state index contributed by atoms with van der Waals surface area (Å²) in [6.07, 6.45) is 0. The third kappa shape index (κ3) is 6.41. The van der Waals surface area contributed by atoms with Crippen molar-refractivity contribution in [3.8, 4) is 55.6 Å². The summed E-state index contributed by atoms with van der Waals surface area (Å²) in [6, 6.07) is 85.5. The summed E-state index contributed by atoms with van der Waals surface area (Å²) >= 11 is 1.87. The summed E-state index contributed by atoms with van der Waals surface area (Å²) in [5.41, 5.74) is 16.7. The lowest BCUT2D eigenvalue weighted by Crippen LogP contribution is -2.13. The zero-order valence-electron chi connectivity index (χ0n) is 34.3. The first-order valence-corrected chi connectivity index (χ1v) is 22.2. The molecule has 0 atom stereocenters. The van der Waals surface area contributed by atoms with E-state index >= 15 is 0 Å². The van der Waals surface area contributed by atoms with E-state index in [2.05, 4.69) is 229 Å². The van der Waals surface area contributed by atoms with Crippen molar-refractivity contribution in [2.75, 3.05) is 4.90 Å². The zero-order valence-corrected chi connectivity index (χ0v) is 35.1. The van der Waals surface area contributed by atoms with Crippen LogP contribution in [0.5, 0.6) is 0 Å². The molecular formula is C60H39NOS. The highest BCUT2D eigenvalue weighted by molar-refractivity contribution is 7.26. The zero-order chi connectivity index (χ0) is 41.7. The van der Waals surface area contributed by atoms with Crippen LogP contribution in [0.3, 0.4) is 0 Å². The Morgan fingerprint density at radius 3 is 1.68 bits per heavy atom. The van der Waals surface area contributed by atoms with Gasteiger partial charge in [-0.1, -0.05) is 188 Å². The first-order valence-electron chi connectivity index (χ1n) is 21.4. The number of benzene rings is 10. The summed E-state index contributed by atoms with van der Waals surface area (Å²) in [6.45, 7) is 0. The molecule has 0 amide bonds. The number of fused-ring (bicyclic) bond motifs is 6. The van der Waals surface area contributed by atoms with Crippen LogP contribution in [-0.2, 0) is 0 Å². The van der Waals surface area contributed by atoms with Gasteiger partial charge in [-0.15, -0.1) is 11.3 Å². The van der Waals surface area contributed by atoms with Crippen molar-refractivity contribution in [2.45, 2.75) is 0 Å². The topological polar surface area (TPSA) is 16.4 Å². The molecule has 0 saturated carbocycles. The Balaban J connectivity index is 1.11. The number of rotatable bonds is 8. The van der Waals surface area contributed by atoms with Crippen LogP contribution >= 0.6 is 11.3 Å². The van der Waals surface area contributed by atoms with E-state index in [1.54, 1.807) is 0 Å². The van der Waals surface area contributed by atoms with E-state index in [-0.39, 0.29) is 0 Å². The van der Waals surface area contributed by atoms with E-state index in [1.165, 1.54) is 53.6 Å². The quantitative estimate of drug-likeness (QED) is 0.152. The van der Waals surface area contributed by atoms with Crippen LogP contribution in [0.25, 0.3) is 97.7 Å². The molecule has 0 fully saturated rings. The molecule has 0 aliphatic heterocycles. The van der Waals surface area contributed by atoms with Gasteiger partial charge in [0.1, 0.15) is 11.2 Å². The Kier molecular flexibility index (Phi) is 9.06. The van der Waals surface area contributed by atoms with Crippen molar-refractivity contribution in [1.29, 1.82) is 0 Å². The lowest BCUT2D eigenvalue weighted by molar-refractivity contribution is 0.669. The van der Waals surface area contributed by atoms with Gasteiger partial charge in [0.15, 0.2) is 0 Å².